The van der Waals surface area contributed by atoms with Crippen LogP contribution in [0.15, 0.2) is 96.0 Å². The molecule has 0 saturated heterocycles. The van der Waals surface area contributed by atoms with Gasteiger partial charge in [0.15, 0.2) is 0 Å². The van der Waals surface area contributed by atoms with Gasteiger partial charge in [0.2, 0.25) is 0 Å². The molecule has 1 aliphatic carbocycles. The van der Waals surface area contributed by atoms with Crippen molar-refractivity contribution in [3.05, 3.63) is 108 Å². The largest absolute Gasteiger partial charge is 0.507 e. The minimum Gasteiger partial charge on any atom is -0.507 e. The molecule has 0 bridgehead atoms. The van der Waals surface area contributed by atoms with Gasteiger partial charge in [-0.25, -0.2) is 4.98 Å². The average Bonchev–Trinajstić information content (AvgIpc) is 3.11. The van der Waals surface area contributed by atoms with E-state index in [1.54, 1.807) is 12.3 Å². The second-order valence-electron chi connectivity index (χ2n) is 9.41. The van der Waals surface area contributed by atoms with Crippen LogP contribution in [0.3, 0.4) is 0 Å². The van der Waals surface area contributed by atoms with Gasteiger partial charge in [0.05, 0.1) is 23.3 Å². The molecule has 0 saturated carbocycles. The van der Waals surface area contributed by atoms with Gasteiger partial charge >= 0.3 is 0 Å². The summed E-state index contributed by atoms with van der Waals surface area (Å²) in [4.78, 5) is 9.39. The maximum absolute atomic E-state index is 11.4. The lowest BCUT2D eigenvalue weighted by Gasteiger charge is -2.23. The Kier molecular flexibility index (Phi) is 4.71. The van der Waals surface area contributed by atoms with E-state index in [0.717, 1.165) is 16.5 Å². The summed E-state index contributed by atoms with van der Waals surface area (Å²) in [6, 6.07) is 29.2. The van der Waals surface area contributed by atoms with Crippen molar-refractivity contribution in [1.82, 2.24) is 4.98 Å². The molecule has 0 radical (unpaired) electrons. The van der Waals surface area contributed by atoms with E-state index in [4.69, 9.17) is 4.98 Å². The molecule has 1 aliphatic rings. The molecular formula is C31H24N2O2. The number of rotatable bonds is 3. The van der Waals surface area contributed by atoms with Crippen molar-refractivity contribution in [1.29, 1.82) is 0 Å². The fourth-order valence-electron chi connectivity index (χ4n) is 5.27. The van der Waals surface area contributed by atoms with Gasteiger partial charge in [-0.1, -0.05) is 74.5 Å². The van der Waals surface area contributed by atoms with E-state index in [9.17, 15) is 10.2 Å². The molecule has 0 unspecified atom stereocenters. The Hall–Kier alpha value is -4.44. The van der Waals surface area contributed by atoms with Crippen molar-refractivity contribution in [3.8, 4) is 33.9 Å². The zero-order chi connectivity index (χ0) is 24.2. The van der Waals surface area contributed by atoms with Crippen LogP contribution >= 0.6 is 0 Å². The molecule has 5 aromatic rings. The number of fused-ring (bicyclic) bond motifs is 4. The SMILES string of the molecule is CC1(C)c2ccccc2-c2ccc(-c3cccc(C=Nc4cccc5cccc(O)c45)n3)c(O)c21. The van der Waals surface area contributed by atoms with E-state index in [1.807, 2.05) is 66.7 Å². The van der Waals surface area contributed by atoms with E-state index in [-0.39, 0.29) is 16.9 Å². The first-order valence-electron chi connectivity index (χ1n) is 11.6. The third-order valence-corrected chi connectivity index (χ3v) is 6.94. The Morgan fingerprint density at radius 2 is 1.49 bits per heavy atom. The van der Waals surface area contributed by atoms with Gasteiger partial charge in [0, 0.05) is 21.9 Å². The molecule has 0 atom stereocenters. The van der Waals surface area contributed by atoms with Gasteiger partial charge < -0.3 is 10.2 Å². The lowest BCUT2D eigenvalue weighted by Crippen LogP contribution is -2.15. The molecule has 1 heterocycles. The lowest BCUT2D eigenvalue weighted by atomic mass is 9.81. The molecule has 6 rings (SSSR count). The second kappa shape index (κ2) is 7.81. The number of phenols is 2. The Morgan fingerprint density at radius 1 is 0.743 bits per heavy atom. The second-order valence-corrected chi connectivity index (χ2v) is 9.41. The first kappa shape index (κ1) is 21.1. The number of nitrogens with zero attached hydrogens (tertiary/aromatic N) is 2. The van der Waals surface area contributed by atoms with Crippen LogP contribution in [0, 0.1) is 0 Å². The highest BCUT2D eigenvalue weighted by molar-refractivity contribution is 5.99. The number of pyridine rings is 1. The van der Waals surface area contributed by atoms with E-state index in [1.165, 1.54) is 11.1 Å². The topological polar surface area (TPSA) is 65.7 Å². The minimum absolute atomic E-state index is 0.198. The van der Waals surface area contributed by atoms with Gasteiger partial charge in [-0.15, -0.1) is 0 Å². The van der Waals surface area contributed by atoms with E-state index < -0.39 is 0 Å². The fourth-order valence-corrected chi connectivity index (χ4v) is 5.27. The number of benzene rings is 4. The molecular weight excluding hydrogens is 432 g/mol. The zero-order valence-corrected chi connectivity index (χ0v) is 19.5. The van der Waals surface area contributed by atoms with Crippen molar-refractivity contribution in [2.24, 2.45) is 4.99 Å². The Balaban J connectivity index is 1.41. The van der Waals surface area contributed by atoms with Gasteiger partial charge in [0.25, 0.3) is 0 Å². The van der Waals surface area contributed by atoms with Gasteiger partial charge in [-0.3, -0.25) is 4.99 Å². The van der Waals surface area contributed by atoms with Crippen LogP contribution in [-0.2, 0) is 5.41 Å². The van der Waals surface area contributed by atoms with Gasteiger partial charge in [-0.05, 0) is 52.4 Å². The van der Waals surface area contributed by atoms with Crippen LogP contribution in [0.5, 0.6) is 11.5 Å². The van der Waals surface area contributed by atoms with Crippen molar-refractivity contribution in [2.75, 3.05) is 0 Å². The average molecular weight is 457 g/mol. The first-order chi connectivity index (χ1) is 16.9. The van der Waals surface area contributed by atoms with E-state index in [2.05, 4.69) is 37.0 Å². The Bertz CT molecular complexity index is 1640. The van der Waals surface area contributed by atoms with Crippen LogP contribution in [-0.4, -0.2) is 21.4 Å². The van der Waals surface area contributed by atoms with Crippen molar-refractivity contribution >= 4 is 22.7 Å². The van der Waals surface area contributed by atoms with Crippen molar-refractivity contribution in [2.45, 2.75) is 19.3 Å². The molecule has 4 aromatic carbocycles. The predicted octanol–water partition coefficient (Wildman–Crippen LogP) is 7.37. The van der Waals surface area contributed by atoms with Crippen LogP contribution in [0.25, 0.3) is 33.2 Å². The van der Waals surface area contributed by atoms with Crippen LogP contribution < -0.4 is 0 Å². The Morgan fingerprint density at radius 3 is 2.34 bits per heavy atom. The molecule has 170 valence electrons. The summed E-state index contributed by atoms with van der Waals surface area (Å²) in [5.41, 5.74) is 6.80. The number of hydrogen-bond donors (Lipinski definition) is 2. The number of phenolic OH excluding ortho intramolecular Hbond substituents is 2. The molecule has 4 heteroatoms. The number of aliphatic imine (C=N–C) groups is 1. The summed E-state index contributed by atoms with van der Waals surface area (Å²) in [5.74, 6) is 0.466. The summed E-state index contributed by atoms with van der Waals surface area (Å²) in [6.07, 6.45) is 1.69. The highest BCUT2D eigenvalue weighted by atomic mass is 16.3. The molecule has 35 heavy (non-hydrogen) atoms. The van der Waals surface area contributed by atoms with E-state index >= 15 is 0 Å². The monoisotopic (exact) mass is 456 g/mol. The molecule has 0 aliphatic heterocycles. The number of hydrogen-bond acceptors (Lipinski definition) is 4. The summed E-state index contributed by atoms with van der Waals surface area (Å²) < 4.78 is 0. The summed E-state index contributed by atoms with van der Waals surface area (Å²) >= 11 is 0. The maximum atomic E-state index is 11.4. The predicted molar refractivity (Wildman–Crippen MR) is 142 cm³/mol. The maximum Gasteiger partial charge on any atom is 0.129 e. The zero-order valence-electron chi connectivity index (χ0n) is 19.5. The molecule has 0 spiro atoms. The minimum atomic E-state index is -0.304. The van der Waals surface area contributed by atoms with E-state index in [0.29, 0.717) is 28.0 Å². The highest BCUT2D eigenvalue weighted by Gasteiger charge is 2.38. The smallest absolute Gasteiger partial charge is 0.129 e. The molecule has 4 nitrogen and oxygen atoms in total. The summed E-state index contributed by atoms with van der Waals surface area (Å²) in [6.45, 7) is 4.30. The quantitative estimate of drug-likeness (QED) is 0.279. The van der Waals surface area contributed by atoms with Crippen molar-refractivity contribution < 1.29 is 10.2 Å². The highest BCUT2D eigenvalue weighted by Crippen LogP contribution is 2.53. The molecule has 0 fully saturated rings. The van der Waals surface area contributed by atoms with Gasteiger partial charge in [0.1, 0.15) is 11.5 Å². The summed E-state index contributed by atoms with van der Waals surface area (Å²) in [7, 11) is 0. The van der Waals surface area contributed by atoms with Crippen LogP contribution in [0.4, 0.5) is 5.69 Å². The summed E-state index contributed by atoms with van der Waals surface area (Å²) in [5, 5.41) is 23.4. The normalized spacial score (nSPS) is 13.8. The van der Waals surface area contributed by atoms with Crippen LogP contribution in [0.2, 0.25) is 0 Å². The molecule has 1 aromatic heterocycles. The fraction of sp³-hybridized carbons (Fsp3) is 0.0968. The van der Waals surface area contributed by atoms with Crippen molar-refractivity contribution in [3.63, 3.8) is 0 Å². The first-order valence-corrected chi connectivity index (χ1v) is 11.6. The standard InChI is InChI=1S/C31H24N2O2/c1-31(2)24-12-4-3-11-21(24)22-16-17-23(30(35)29(22)31)25-13-7-10-20(33-25)18-32-26-14-5-8-19-9-6-15-27(34)28(19)26/h3-18,34-35H,1-2H3. The van der Waals surface area contributed by atoms with Crippen LogP contribution in [0.1, 0.15) is 30.7 Å². The number of aromatic hydroxyl groups is 2. The molecule has 2 N–H and O–H groups in total. The third kappa shape index (κ3) is 3.29. The Labute approximate surface area is 203 Å². The molecule has 0 amide bonds. The van der Waals surface area contributed by atoms with Gasteiger partial charge in [-0.2, -0.15) is 0 Å². The number of aromatic nitrogens is 1. The lowest BCUT2D eigenvalue weighted by molar-refractivity contribution is 0.458. The third-order valence-electron chi connectivity index (χ3n) is 6.94.